The van der Waals surface area contributed by atoms with Crippen LogP contribution in [0.1, 0.15) is 26.3 Å². The van der Waals surface area contributed by atoms with Crippen molar-refractivity contribution in [2.45, 2.75) is 33.4 Å². The molecule has 1 heterocycles. The van der Waals surface area contributed by atoms with E-state index in [9.17, 15) is 0 Å². The van der Waals surface area contributed by atoms with E-state index in [1.165, 1.54) is 5.56 Å². The molecule has 0 saturated heterocycles. The molecule has 0 aromatic carbocycles. The number of rotatable bonds is 4. The molecule has 1 rings (SSSR count). The maximum absolute atomic E-state index is 3.49. The van der Waals surface area contributed by atoms with Crippen molar-refractivity contribution >= 4 is 11.3 Å². The summed E-state index contributed by atoms with van der Waals surface area (Å²) in [4.78, 5) is 0. The molecular formula is C10H17NS. The van der Waals surface area contributed by atoms with Gasteiger partial charge < -0.3 is 5.32 Å². The Labute approximate surface area is 78.8 Å². The van der Waals surface area contributed by atoms with E-state index in [1.54, 1.807) is 11.3 Å². The smallest absolute Gasteiger partial charge is 0.0216 e. The van der Waals surface area contributed by atoms with Crippen molar-refractivity contribution in [1.82, 2.24) is 5.32 Å². The Kier molecular flexibility index (Phi) is 3.76. The SMILES string of the molecule is CC(C)[C@@H](C)NCc1ccsc1. The first-order valence-corrected chi connectivity index (χ1v) is 5.39. The molecule has 0 aliphatic rings. The Bertz CT molecular complexity index is 204. The van der Waals surface area contributed by atoms with Gasteiger partial charge >= 0.3 is 0 Å². The van der Waals surface area contributed by atoms with Crippen molar-refractivity contribution in [3.8, 4) is 0 Å². The van der Waals surface area contributed by atoms with Crippen LogP contribution in [0.2, 0.25) is 0 Å². The van der Waals surface area contributed by atoms with E-state index in [0.29, 0.717) is 12.0 Å². The van der Waals surface area contributed by atoms with Crippen molar-refractivity contribution in [2.75, 3.05) is 0 Å². The van der Waals surface area contributed by atoms with Gasteiger partial charge in [0.1, 0.15) is 0 Å². The van der Waals surface area contributed by atoms with Gasteiger partial charge in [-0.15, -0.1) is 0 Å². The van der Waals surface area contributed by atoms with Crippen molar-refractivity contribution in [1.29, 1.82) is 0 Å². The molecule has 0 fully saturated rings. The molecule has 12 heavy (non-hydrogen) atoms. The topological polar surface area (TPSA) is 12.0 Å². The molecule has 1 nitrogen and oxygen atoms in total. The van der Waals surface area contributed by atoms with E-state index in [4.69, 9.17) is 0 Å². The summed E-state index contributed by atoms with van der Waals surface area (Å²) in [6.45, 7) is 7.72. The Hall–Kier alpha value is -0.340. The summed E-state index contributed by atoms with van der Waals surface area (Å²) in [5, 5.41) is 7.81. The minimum atomic E-state index is 0.602. The van der Waals surface area contributed by atoms with Crippen LogP contribution >= 0.6 is 11.3 Å². The largest absolute Gasteiger partial charge is 0.310 e. The first-order valence-electron chi connectivity index (χ1n) is 4.44. The zero-order chi connectivity index (χ0) is 8.97. The average molecular weight is 183 g/mol. The van der Waals surface area contributed by atoms with Gasteiger partial charge in [0, 0.05) is 12.6 Å². The lowest BCUT2D eigenvalue weighted by atomic mass is 10.1. The van der Waals surface area contributed by atoms with Crippen molar-refractivity contribution in [3.63, 3.8) is 0 Å². The van der Waals surface area contributed by atoms with Crippen molar-refractivity contribution in [2.24, 2.45) is 5.92 Å². The van der Waals surface area contributed by atoms with Crippen molar-refractivity contribution in [3.05, 3.63) is 22.4 Å². The summed E-state index contributed by atoms with van der Waals surface area (Å²) in [6, 6.07) is 2.77. The van der Waals surface area contributed by atoms with Gasteiger partial charge in [-0.2, -0.15) is 11.3 Å². The highest BCUT2D eigenvalue weighted by Crippen LogP contribution is 2.07. The number of hydrogen-bond donors (Lipinski definition) is 1. The monoisotopic (exact) mass is 183 g/mol. The predicted molar refractivity (Wildman–Crippen MR) is 55.5 cm³/mol. The third-order valence-electron chi connectivity index (χ3n) is 2.21. The van der Waals surface area contributed by atoms with E-state index in [1.807, 2.05) is 0 Å². The van der Waals surface area contributed by atoms with Crippen LogP contribution in [-0.4, -0.2) is 6.04 Å². The van der Waals surface area contributed by atoms with Crippen LogP contribution in [0.3, 0.4) is 0 Å². The Morgan fingerprint density at radius 3 is 2.67 bits per heavy atom. The molecule has 1 aromatic rings. The second kappa shape index (κ2) is 4.63. The Balaban J connectivity index is 2.27. The van der Waals surface area contributed by atoms with Crippen molar-refractivity contribution < 1.29 is 0 Å². The standard InChI is InChI=1S/C10H17NS/c1-8(2)9(3)11-6-10-4-5-12-7-10/h4-5,7-9,11H,6H2,1-3H3/t9-/m1/s1. The van der Waals surface area contributed by atoms with Crippen LogP contribution in [0.25, 0.3) is 0 Å². The second-order valence-corrected chi connectivity index (χ2v) is 4.33. The molecule has 1 N–H and O–H groups in total. The van der Waals surface area contributed by atoms with Gasteiger partial charge in [0.2, 0.25) is 0 Å². The summed E-state index contributed by atoms with van der Waals surface area (Å²) in [7, 11) is 0. The second-order valence-electron chi connectivity index (χ2n) is 3.55. The summed E-state index contributed by atoms with van der Waals surface area (Å²) in [5.41, 5.74) is 1.40. The van der Waals surface area contributed by atoms with Gasteiger partial charge in [0.15, 0.2) is 0 Å². The van der Waals surface area contributed by atoms with E-state index in [0.717, 1.165) is 6.54 Å². The van der Waals surface area contributed by atoms with Gasteiger partial charge in [-0.25, -0.2) is 0 Å². The molecule has 0 spiro atoms. The molecule has 0 aliphatic carbocycles. The van der Waals surface area contributed by atoms with Crippen LogP contribution in [0.5, 0.6) is 0 Å². The maximum atomic E-state index is 3.49. The molecule has 1 atom stereocenters. The third kappa shape index (κ3) is 2.95. The molecular weight excluding hydrogens is 166 g/mol. The van der Waals surface area contributed by atoms with Gasteiger partial charge in [0.25, 0.3) is 0 Å². The number of thiophene rings is 1. The summed E-state index contributed by atoms with van der Waals surface area (Å²) in [6.07, 6.45) is 0. The highest BCUT2D eigenvalue weighted by molar-refractivity contribution is 7.07. The average Bonchev–Trinajstić information content (AvgIpc) is 2.51. The lowest BCUT2D eigenvalue weighted by molar-refractivity contribution is 0.426. The zero-order valence-electron chi connectivity index (χ0n) is 8.00. The summed E-state index contributed by atoms with van der Waals surface area (Å²) >= 11 is 1.76. The van der Waals surface area contributed by atoms with Gasteiger partial charge in [0.05, 0.1) is 0 Å². The van der Waals surface area contributed by atoms with Crippen LogP contribution in [0, 0.1) is 5.92 Å². The lowest BCUT2D eigenvalue weighted by Crippen LogP contribution is -2.29. The fourth-order valence-electron chi connectivity index (χ4n) is 0.908. The van der Waals surface area contributed by atoms with Crippen LogP contribution < -0.4 is 5.32 Å². The Morgan fingerprint density at radius 1 is 1.42 bits per heavy atom. The lowest BCUT2D eigenvalue weighted by Gasteiger charge is -2.16. The fraction of sp³-hybridized carbons (Fsp3) is 0.600. The molecule has 0 bridgehead atoms. The summed E-state index contributed by atoms with van der Waals surface area (Å²) < 4.78 is 0. The number of nitrogens with one attached hydrogen (secondary N) is 1. The third-order valence-corrected chi connectivity index (χ3v) is 2.94. The van der Waals surface area contributed by atoms with Gasteiger partial charge in [-0.3, -0.25) is 0 Å². The molecule has 0 radical (unpaired) electrons. The van der Waals surface area contributed by atoms with E-state index in [-0.39, 0.29) is 0 Å². The van der Waals surface area contributed by atoms with Gasteiger partial charge in [-0.05, 0) is 35.2 Å². The van der Waals surface area contributed by atoms with Crippen LogP contribution in [0.4, 0.5) is 0 Å². The first kappa shape index (κ1) is 9.75. The molecule has 0 unspecified atom stereocenters. The Morgan fingerprint density at radius 2 is 2.17 bits per heavy atom. The highest BCUT2D eigenvalue weighted by Gasteiger charge is 2.05. The fourth-order valence-corrected chi connectivity index (χ4v) is 1.58. The zero-order valence-corrected chi connectivity index (χ0v) is 8.82. The van der Waals surface area contributed by atoms with Crippen LogP contribution in [-0.2, 0) is 6.54 Å². The van der Waals surface area contributed by atoms with E-state index >= 15 is 0 Å². The normalized spacial score (nSPS) is 13.7. The van der Waals surface area contributed by atoms with Crippen LogP contribution in [0.15, 0.2) is 16.8 Å². The summed E-state index contributed by atoms with van der Waals surface area (Å²) in [5.74, 6) is 0.712. The first-order chi connectivity index (χ1) is 5.70. The van der Waals surface area contributed by atoms with Gasteiger partial charge in [-0.1, -0.05) is 13.8 Å². The molecule has 2 heteroatoms. The quantitative estimate of drug-likeness (QED) is 0.757. The minimum absolute atomic E-state index is 0.602. The molecule has 0 aliphatic heterocycles. The molecule has 1 aromatic heterocycles. The molecule has 0 saturated carbocycles. The molecule has 0 amide bonds. The number of hydrogen-bond acceptors (Lipinski definition) is 2. The highest BCUT2D eigenvalue weighted by atomic mass is 32.1. The van der Waals surface area contributed by atoms with E-state index in [2.05, 4.69) is 42.9 Å². The minimum Gasteiger partial charge on any atom is -0.310 e. The molecule has 68 valence electrons. The predicted octanol–water partition coefficient (Wildman–Crippen LogP) is 2.88. The van der Waals surface area contributed by atoms with E-state index < -0.39 is 0 Å². The maximum Gasteiger partial charge on any atom is 0.0216 e.